The van der Waals surface area contributed by atoms with E-state index < -0.39 is 37.5 Å². The Labute approximate surface area is 525 Å². The van der Waals surface area contributed by atoms with Gasteiger partial charge in [-0.2, -0.15) is 4.98 Å². The van der Waals surface area contributed by atoms with E-state index in [4.69, 9.17) is 38.4 Å². The Kier molecular flexibility index (Phi) is 15.4. The van der Waals surface area contributed by atoms with Crippen molar-refractivity contribution in [2.45, 2.75) is 132 Å². The molecule has 1 spiro atoms. The molecule has 476 valence electrons. The first-order chi connectivity index (χ1) is 43.6. The first kappa shape index (κ1) is 59.1. The molecule has 3 aromatic carbocycles. The Morgan fingerprint density at radius 1 is 0.867 bits per heavy atom. The molecule has 5 saturated heterocycles. The van der Waals surface area contributed by atoms with Gasteiger partial charge in [-0.15, -0.1) is 0 Å². The molecular formula is C67H81N11O11S. The maximum Gasteiger partial charge on any atom is 0.297 e. The average Bonchev–Trinajstić information content (AvgIpc) is 0.943. The number of carbonyl (C=O) groups is 1. The van der Waals surface area contributed by atoms with Crippen molar-refractivity contribution >= 4 is 61.2 Å². The summed E-state index contributed by atoms with van der Waals surface area (Å²) in [6.07, 6.45) is 10.8. The van der Waals surface area contributed by atoms with Crippen LogP contribution >= 0.6 is 0 Å². The smallest absolute Gasteiger partial charge is 0.297 e. The number of carbonyl (C=O) groups excluding carboxylic acids is 1. The van der Waals surface area contributed by atoms with Gasteiger partial charge in [0, 0.05) is 119 Å². The van der Waals surface area contributed by atoms with E-state index in [1.165, 1.54) is 28.3 Å². The molecule has 6 fully saturated rings. The zero-order valence-electron chi connectivity index (χ0n) is 51.8. The Morgan fingerprint density at radius 2 is 1.68 bits per heavy atom. The number of aromatic amines is 1. The van der Waals surface area contributed by atoms with E-state index in [1.54, 1.807) is 6.07 Å². The van der Waals surface area contributed by atoms with Gasteiger partial charge < -0.3 is 53.4 Å². The number of piperidine rings is 1. The van der Waals surface area contributed by atoms with Gasteiger partial charge in [0.2, 0.25) is 5.88 Å². The third-order valence-corrected chi connectivity index (χ3v) is 22.6. The van der Waals surface area contributed by atoms with E-state index in [2.05, 4.69) is 97.7 Å². The van der Waals surface area contributed by atoms with Crippen LogP contribution in [0.1, 0.15) is 111 Å². The number of ether oxygens (including phenoxy) is 6. The number of benzene rings is 3. The van der Waals surface area contributed by atoms with Crippen molar-refractivity contribution in [3.05, 3.63) is 117 Å². The van der Waals surface area contributed by atoms with Crippen LogP contribution in [0.15, 0.2) is 84.0 Å². The second-order valence-electron chi connectivity index (χ2n) is 27.2. The van der Waals surface area contributed by atoms with Crippen molar-refractivity contribution in [3.8, 4) is 17.4 Å². The average molecular weight is 1250 g/mol. The van der Waals surface area contributed by atoms with Gasteiger partial charge in [-0.3, -0.25) is 24.7 Å². The maximum absolute atomic E-state index is 15.0. The third kappa shape index (κ3) is 10.8. The summed E-state index contributed by atoms with van der Waals surface area (Å²) in [7, 11) is -4.72. The molecule has 0 unspecified atom stereocenters. The van der Waals surface area contributed by atoms with Crippen molar-refractivity contribution in [1.29, 1.82) is 0 Å². The number of sulfonamides is 1. The number of fused-ring (bicyclic) bond motifs is 5. The van der Waals surface area contributed by atoms with E-state index in [0.717, 1.165) is 119 Å². The van der Waals surface area contributed by atoms with Gasteiger partial charge in [0.05, 0.1) is 65.6 Å². The molecule has 1 amide bonds. The quantitative estimate of drug-likeness (QED) is 0.0765. The highest BCUT2D eigenvalue weighted by atomic mass is 32.2. The number of aromatic nitrogens is 3. The topological polar surface area (TPSA) is 232 Å². The fraction of sp³-hybridized carbons (Fsp3) is 0.537. The number of H-pyrrole nitrogens is 1. The minimum Gasteiger partial charge on any atom is -0.489 e. The molecule has 11 heterocycles. The van der Waals surface area contributed by atoms with Crippen LogP contribution in [0.4, 0.5) is 34.3 Å². The van der Waals surface area contributed by atoms with Gasteiger partial charge >= 0.3 is 0 Å². The lowest BCUT2D eigenvalue weighted by Gasteiger charge is -2.58. The van der Waals surface area contributed by atoms with E-state index in [-0.39, 0.29) is 64.5 Å². The monoisotopic (exact) mass is 1250 g/mol. The van der Waals surface area contributed by atoms with Crippen LogP contribution in [0, 0.1) is 28.4 Å². The second-order valence-corrected chi connectivity index (χ2v) is 28.9. The molecule has 6 aromatic rings. The Hall–Kier alpha value is -7.28. The van der Waals surface area contributed by atoms with Crippen LogP contribution in [0.3, 0.4) is 0 Å². The number of nitro benzene ring substituents is 1. The number of anilines is 5. The summed E-state index contributed by atoms with van der Waals surface area (Å²) in [5, 5.41) is 16.8. The predicted molar refractivity (Wildman–Crippen MR) is 340 cm³/mol. The number of morpholine rings is 1. The largest absolute Gasteiger partial charge is 0.489 e. The molecule has 5 atom stereocenters. The van der Waals surface area contributed by atoms with Gasteiger partial charge in [0.25, 0.3) is 21.6 Å². The van der Waals surface area contributed by atoms with Gasteiger partial charge in [0.1, 0.15) is 24.0 Å². The number of hydrogen-bond acceptors (Lipinski definition) is 19. The van der Waals surface area contributed by atoms with E-state index >= 15 is 4.79 Å². The number of nitrogens with zero attached hydrogens (tertiary/aromatic N) is 8. The number of pyridine rings is 2. The SMILES string of the molecule is Cc1ccccc1[C@@H]1CN(Cc2cnc(N3CCOC[C@@H]3C)c3c2C(C)(C)CCO3)CCN1C1CC2(CCN(c3ccc(C(=O)NS(=O)(=O)c4cc5c(c([N+](=O)[O-])c4)N[C@H](C4CCOCC4)CO5)c(N4c5cc6cc[nH]c6nc5O[C@H]5COCC[C@@H]54)c3)CC2)C1. The van der Waals surface area contributed by atoms with Crippen LogP contribution in [-0.4, -0.2) is 166 Å². The van der Waals surface area contributed by atoms with E-state index in [9.17, 15) is 18.5 Å². The lowest BCUT2D eigenvalue weighted by molar-refractivity contribution is -0.384. The van der Waals surface area contributed by atoms with Gasteiger partial charge in [-0.1, -0.05) is 38.1 Å². The molecular weight excluding hydrogens is 1170 g/mol. The summed E-state index contributed by atoms with van der Waals surface area (Å²) in [4.78, 5) is 52.2. The summed E-state index contributed by atoms with van der Waals surface area (Å²) in [6, 6.07) is 21.1. The number of piperazine rings is 1. The number of nitro groups is 1. The third-order valence-electron chi connectivity index (χ3n) is 21.3. The zero-order chi connectivity index (χ0) is 61.6. The van der Waals surface area contributed by atoms with Crippen LogP contribution < -0.4 is 38.9 Å². The lowest BCUT2D eigenvalue weighted by atomic mass is 9.59. The Bertz CT molecular complexity index is 3860. The predicted octanol–water partition coefficient (Wildman–Crippen LogP) is 9.17. The number of amides is 1. The number of hydrogen-bond donors (Lipinski definition) is 3. The maximum atomic E-state index is 15.0. The lowest BCUT2D eigenvalue weighted by Crippen LogP contribution is -2.60. The molecule has 15 rings (SSSR count). The minimum absolute atomic E-state index is 0.0267. The van der Waals surface area contributed by atoms with Crippen molar-refractivity contribution in [1.82, 2.24) is 29.5 Å². The molecule has 0 bridgehead atoms. The highest BCUT2D eigenvalue weighted by molar-refractivity contribution is 7.90. The van der Waals surface area contributed by atoms with Crippen LogP contribution in [-0.2, 0) is 36.2 Å². The summed E-state index contributed by atoms with van der Waals surface area (Å²) in [6.45, 7) is 19.4. The van der Waals surface area contributed by atoms with E-state index in [0.29, 0.717) is 81.6 Å². The standard InChI is InChI=1S/C67H81N11O11S/c1-41-7-5-6-8-49(41)56-37-73(36-45-35-69-63(75-23-28-86-38-42(75)2)61-59(45)66(3,4)17-27-87-61)21-22-76(56)47-33-67(34-47)15-19-74(20-16-67)46-9-10-50(53(30-46)77-52-14-26-85-40-58(52)89-65-55(77)29-44-11-18-68-62(44)71-65)64(79)72-90(82,83)48-31-54(78(80)81)60-57(32-48)88-39-51(70-60)43-12-24-84-25-13-43/h5-11,18,29-32,35,42-43,47,51-52,56,58,70H,12-17,19-28,33-34,36-40H2,1-4H3,(H,68,71)(H,72,79)/t42-,51-,52-,56-,58-/m0/s1. The molecule has 22 nitrogen and oxygen atoms in total. The van der Waals surface area contributed by atoms with Crippen molar-refractivity contribution < 1.29 is 46.6 Å². The van der Waals surface area contributed by atoms with E-state index in [1.807, 2.05) is 30.5 Å². The fourth-order valence-electron chi connectivity index (χ4n) is 16.2. The molecule has 90 heavy (non-hydrogen) atoms. The van der Waals surface area contributed by atoms with Gasteiger partial charge in [-0.05, 0) is 129 Å². The number of nitrogens with one attached hydrogen (secondary N) is 3. The summed E-state index contributed by atoms with van der Waals surface area (Å²) in [5.74, 6) is 1.55. The Balaban J connectivity index is 0.685. The van der Waals surface area contributed by atoms with Crippen LogP contribution in [0.2, 0.25) is 0 Å². The molecule has 0 radical (unpaired) electrons. The minimum atomic E-state index is -4.72. The number of rotatable bonds is 12. The van der Waals surface area contributed by atoms with Crippen molar-refractivity contribution in [3.63, 3.8) is 0 Å². The molecule has 3 aromatic heterocycles. The molecule has 1 saturated carbocycles. The van der Waals surface area contributed by atoms with Gasteiger partial charge in [0.15, 0.2) is 23.0 Å². The number of aryl methyl sites for hydroxylation is 1. The second kappa shape index (κ2) is 23.4. The molecule has 23 heteroatoms. The summed E-state index contributed by atoms with van der Waals surface area (Å²) >= 11 is 0. The highest BCUT2D eigenvalue weighted by Crippen LogP contribution is 2.55. The Morgan fingerprint density at radius 3 is 2.49 bits per heavy atom. The van der Waals surface area contributed by atoms with Crippen LogP contribution in [0.25, 0.3) is 11.0 Å². The molecule has 8 aliphatic heterocycles. The first-order valence-electron chi connectivity index (χ1n) is 32.4. The summed E-state index contributed by atoms with van der Waals surface area (Å²) < 4.78 is 68.0. The highest BCUT2D eigenvalue weighted by Gasteiger charge is 2.51. The normalized spacial score (nSPS) is 25.3. The zero-order valence-corrected chi connectivity index (χ0v) is 52.6. The first-order valence-corrected chi connectivity index (χ1v) is 33.9. The fourth-order valence-corrected chi connectivity index (χ4v) is 17.2. The summed E-state index contributed by atoms with van der Waals surface area (Å²) in [5.41, 5.74) is 7.80. The molecule has 3 N–H and O–H groups in total. The van der Waals surface area contributed by atoms with Crippen molar-refractivity contribution in [2.75, 3.05) is 112 Å². The van der Waals surface area contributed by atoms with Gasteiger partial charge in [-0.25, -0.2) is 18.1 Å². The molecule has 9 aliphatic rings. The van der Waals surface area contributed by atoms with Crippen LogP contribution in [0.5, 0.6) is 17.4 Å². The molecule has 1 aliphatic carbocycles. The van der Waals surface area contributed by atoms with Crippen molar-refractivity contribution in [2.24, 2.45) is 11.3 Å².